The topological polar surface area (TPSA) is 110 Å². The molecule has 9 heteroatoms. The zero-order valence-electron chi connectivity index (χ0n) is 15.3. The first-order valence-electron chi connectivity index (χ1n) is 8.66. The first-order chi connectivity index (χ1) is 13.4. The van der Waals surface area contributed by atoms with E-state index in [9.17, 15) is 13.2 Å². The number of sulfonamides is 1. The molecule has 2 aromatic heterocycles. The molecule has 0 aliphatic rings. The van der Waals surface area contributed by atoms with Crippen molar-refractivity contribution in [2.45, 2.75) is 25.3 Å². The smallest absolute Gasteiger partial charge is 0.408 e. The first kappa shape index (κ1) is 18.1. The second-order valence-corrected chi connectivity index (χ2v) is 8.01. The summed E-state index contributed by atoms with van der Waals surface area (Å²) >= 11 is 0. The predicted molar refractivity (Wildman–Crippen MR) is 106 cm³/mol. The molecule has 0 atom stereocenters. The van der Waals surface area contributed by atoms with Gasteiger partial charge in [-0.1, -0.05) is 24.3 Å². The van der Waals surface area contributed by atoms with Crippen molar-refractivity contribution in [1.82, 2.24) is 14.8 Å². The maximum absolute atomic E-state index is 12.7. The monoisotopic (exact) mass is 398 g/mol. The summed E-state index contributed by atoms with van der Waals surface area (Å²) in [7, 11) is -3.90. The molecule has 0 bridgehead atoms. The summed E-state index contributed by atoms with van der Waals surface area (Å²) in [5, 5.41) is 6.89. The van der Waals surface area contributed by atoms with E-state index in [1.807, 2.05) is 38.1 Å². The molecule has 0 radical (unpaired) electrons. The van der Waals surface area contributed by atoms with Gasteiger partial charge in [0.25, 0.3) is 10.0 Å². The molecule has 0 saturated carbocycles. The Kier molecular flexibility index (Phi) is 4.31. The quantitative estimate of drug-likeness (QED) is 0.537. The van der Waals surface area contributed by atoms with Crippen molar-refractivity contribution < 1.29 is 12.8 Å². The van der Waals surface area contributed by atoms with Gasteiger partial charge in [-0.25, -0.2) is 13.2 Å². The number of benzene rings is 2. The second-order valence-electron chi connectivity index (χ2n) is 6.33. The zero-order chi connectivity index (χ0) is 19.9. The summed E-state index contributed by atoms with van der Waals surface area (Å²) in [6, 6.07) is 13.7. The standard InChI is InChI=1S/C19H18N4O4S/c1-3-23-16-9-8-13(10-17(16)27-19(23)24)28(25,26)22-18-11-15(20-21-18)14-7-5-4-6-12(14)2/h4-11H,3H2,1-2H3,(H2,20,21,22). The largest absolute Gasteiger partial charge is 0.419 e. The van der Waals surface area contributed by atoms with Crippen LogP contribution in [-0.2, 0) is 16.6 Å². The summed E-state index contributed by atoms with van der Waals surface area (Å²) in [5.74, 6) is -0.346. The molecular formula is C19H18N4O4S. The van der Waals surface area contributed by atoms with Crippen LogP contribution in [0.3, 0.4) is 0 Å². The van der Waals surface area contributed by atoms with E-state index < -0.39 is 15.8 Å². The van der Waals surface area contributed by atoms with Crippen LogP contribution >= 0.6 is 0 Å². The zero-order valence-corrected chi connectivity index (χ0v) is 16.1. The van der Waals surface area contributed by atoms with Gasteiger partial charge in [-0.15, -0.1) is 0 Å². The van der Waals surface area contributed by atoms with Crippen LogP contribution in [0.25, 0.3) is 22.4 Å². The minimum Gasteiger partial charge on any atom is -0.408 e. The van der Waals surface area contributed by atoms with Crippen LogP contribution in [0.4, 0.5) is 5.82 Å². The summed E-state index contributed by atoms with van der Waals surface area (Å²) in [4.78, 5) is 11.8. The van der Waals surface area contributed by atoms with Gasteiger partial charge in [0.1, 0.15) is 0 Å². The van der Waals surface area contributed by atoms with Crippen molar-refractivity contribution in [2.24, 2.45) is 0 Å². The van der Waals surface area contributed by atoms with Crippen LogP contribution in [0.5, 0.6) is 0 Å². The number of oxazole rings is 1. The van der Waals surface area contributed by atoms with E-state index in [0.717, 1.165) is 11.1 Å². The van der Waals surface area contributed by atoms with Gasteiger partial charge in [-0.05, 0) is 31.5 Å². The number of H-pyrrole nitrogens is 1. The fraction of sp³-hybridized carbons (Fsp3) is 0.158. The van der Waals surface area contributed by atoms with Crippen LogP contribution in [-0.4, -0.2) is 23.2 Å². The molecule has 2 aromatic carbocycles. The SMILES string of the molecule is CCn1c(=O)oc2cc(S(=O)(=O)Nc3cc(-c4ccccc4C)[nH]n3)ccc21. The summed E-state index contributed by atoms with van der Waals surface area (Å²) in [6.07, 6.45) is 0. The van der Waals surface area contributed by atoms with E-state index in [2.05, 4.69) is 14.9 Å². The normalized spacial score (nSPS) is 11.8. The Labute approximate surface area is 160 Å². The number of nitrogens with zero attached hydrogens (tertiary/aromatic N) is 2. The van der Waals surface area contributed by atoms with Crippen LogP contribution in [0, 0.1) is 6.92 Å². The number of hydrogen-bond donors (Lipinski definition) is 2. The summed E-state index contributed by atoms with van der Waals surface area (Å²) in [5.41, 5.74) is 3.45. The van der Waals surface area contributed by atoms with Crippen molar-refractivity contribution in [3.05, 3.63) is 64.6 Å². The molecule has 0 spiro atoms. The van der Waals surface area contributed by atoms with Crippen molar-refractivity contribution in [3.8, 4) is 11.3 Å². The molecule has 4 rings (SSSR count). The van der Waals surface area contributed by atoms with E-state index in [0.29, 0.717) is 17.8 Å². The fourth-order valence-corrected chi connectivity index (χ4v) is 4.10. The third kappa shape index (κ3) is 3.09. The highest BCUT2D eigenvalue weighted by molar-refractivity contribution is 7.92. The van der Waals surface area contributed by atoms with Gasteiger partial charge in [-0.3, -0.25) is 14.4 Å². The lowest BCUT2D eigenvalue weighted by molar-refractivity contribution is 0.512. The number of hydrogen-bond acceptors (Lipinski definition) is 5. The van der Waals surface area contributed by atoms with Gasteiger partial charge in [-0.2, -0.15) is 5.10 Å². The van der Waals surface area contributed by atoms with Crippen LogP contribution < -0.4 is 10.5 Å². The summed E-state index contributed by atoms with van der Waals surface area (Å²) in [6.45, 7) is 4.21. The molecule has 144 valence electrons. The van der Waals surface area contributed by atoms with Crippen molar-refractivity contribution >= 4 is 26.9 Å². The third-order valence-corrected chi connectivity index (χ3v) is 5.87. The number of rotatable bonds is 5. The van der Waals surface area contributed by atoms with Crippen LogP contribution in [0.1, 0.15) is 12.5 Å². The Balaban J connectivity index is 1.66. The molecule has 0 amide bonds. The van der Waals surface area contributed by atoms with E-state index in [-0.39, 0.29) is 16.3 Å². The van der Waals surface area contributed by atoms with Crippen molar-refractivity contribution in [1.29, 1.82) is 0 Å². The first-order valence-corrected chi connectivity index (χ1v) is 10.1. The molecule has 2 N–H and O–H groups in total. The molecule has 2 heterocycles. The number of aryl methyl sites for hydroxylation is 2. The molecule has 8 nitrogen and oxygen atoms in total. The van der Waals surface area contributed by atoms with E-state index in [1.165, 1.54) is 16.7 Å². The minimum absolute atomic E-state index is 0.0163. The van der Waals surface area contributed by atoms with Crippen molar-refractivity contribution in [3.63, 3.8) is 0 Å². The number of aromatic amines is 1. The van der Waals surface area contributed by atoms with Gasteiger partial charge < -0.3 is 4.42 Å². The molecule has 4 aromatic rings. The maximum Gasteiger partial charge on any atom is 0.419 e. The Bertz CT molecular complexity index is 1330. The molecular weight excluding hydrogens is 380 g/mol. The molecule has 0 aliphatic heterocycles. The van der Waals surface area contributed by atoms with Gasteiger partial charge in [0, 0.05) is 24.2 Å². The van der Waals surface area contributed by atoms with E-state index in [1.54, 1.807) is 12.1 Å². The Morgan fingerprint density at radius 1 is 1.18 bits per heavy atom. The fourth-order valence-electron chi connectivity index (χ4n) is 3.10. The van der Waals surface area contributed by atoms with Gasteiger partial charge >= 0.3 is 5.76 Å². The molecule has 28 heavy (non-hydrogen) atoms. The number of nitrogens with one attached hydrogen (secondary N) is 2. The highest BCUT2D eigenvalue weighted by Gasteiger charge is 2.19. The number of anilines is 1. The maximum atomic E-state index is 12.7. The highest BCUT2D eigenvalue weighted by atomic mass is 32.2. The minimum atomic E-state index is -3.90. The number of fused-ring (bicyclic) bond motifs is 1. The van der Waals surface area contributed by atoms with Crippen molar-refractivity contribution in [2.75, 3.05) is 4.72 Å². The van der Waals surface area contributed by atoms with Crippen LogP contribution in [0.15, 0.2) is 62.6 Å². The van der Waals surface area contributed by atoms with Crippen LogP contribution in [0.2, 0.25) is 0 Å². The highest BCUT2D eigenvalue weighted by Crippen LogP contribution is 2.25. The second kappa shape index (κ2) is 6.68. The van der Waals surface area contributed by atoms with E-state index >= 15 is 0 Å². The van der Waals surface area contributed by atoms with Gasteiger partial charge in [0.2, 0.25) is 0 Å². The molecule has 0 aliphatic carbocycles. The Hall–Kier alpha value is -3.33. The average molecular weight is 398 g/mol. The Morgan fingerprint density at radius 2 is 1.96 bits per heavy atom. The summed E-state index contributed by atoms with van der Waals surface area (Å²) < 4.78 is 34.5. The third-order valence-electron chi connectivity index (χ3n) is 4.52. The predicted octanol–water partition coefficient (Wildman–Crippen LogP) is 3.11. The van der Waals surface area contributed by atoms with E-state index in [4.69, 9.17) is 4.42 Å². The average Bonchev–Trinajstić information content (AvgIpc) is 3.24. The molecule has 0 unspecified atom stereocenters. The van der Waals surface area contributed by atoms with Gasteiger partial charge in [0.05, 0.1) is 16.1 Å². The van der Waals surface area contributed by atoms with Gasteiger partial charge in [0.15, 0.2) is 11.4 Å². The lowest BCUT2D eigenvalue weighted by atomic mass is 10.1. The number of aromatic nitrogens is 3. The molecule has 0 saturated heterocycles. The lowest BCUT2D eigenvalue weighted by Gasteiger charge is -2.05. The molecule has 0 fully saturated rings. The Morgan fingerprint density at radius 3 is 2.71 bits per heavy atom. The lowest BCUT2D eigenvalue weighted by Crippen LogP contribution is -2.13.